The number of hydrogen-bond acceptors (Lipinski definition) is 4. The van der Waals surface area contributed by atoms with Crippen molar-refractivity contribution >= 4 is 5.97 Å². The van der Waals surface area contributed by atoms with Gasteiger partial charge in [-0.05, 0) is 62.8 Å². The second-order valence-electron chi connectivity index (χ2n) is 8.48. The van der Waals surface area contributed by atoms with Crippen LogP contribution in [0.15, 0.2) is 23.8 Å². The number of aromatic hydroxyl groups is 1. The van der Waals surface area contributed by atoms with Gasteiger partial charge in [0, 0.05) is 24.3 Å². The zero-order valence-electron chi connectivity index (χ0n) is 17.0. The van der Waals surface area contributed by atoms with E-state index >= 15 is 0 Å². The van der Waals surface area contributed by atoms with Crippen LogP contribution in [0.25, 0.3) is 0 Å². The summed E-state index contributed by atoms with van der Waals surface area (Å²) in [6, 6.07) is 4.03. The van der Waals surface area contributed by atoms with E-state index < -0.39 is 0 Å². The lowest BCUT2D eigenvalue weighted by Crippen LogP contribution is -2.45. The summed E-state index contributed by atoms with van der Waals surface area (Å²) < 4.78 is 11.6. The zero-order valence-corrected chi connectivity index (χ0v) is 17.0. The monoisotopic (exact) mass is 372 g/mol. The number of esters is 1. The van der Waals surface area contributed by atoms with Gasteiger partial charge in [0.05, 0.1) is 0 Å². The standard InChI is InChI=1S/C23H32O4/c1-5-6-7-8-16-12-20(25)22-18-11-17(14-26-15(2)24)9-10-19(18)23(3,4)27-21(22)13-16/h9,12-13,18-19,25H,5-8,10-11,14H2,1-4H3/t18-,19-/m0/s1. The molecule has 3 rings (SSSR count). The predicted molar refractivity (Wildman–Crippen MR) is 106 cm³/mol. The number of aryl methyl sites for hydroxylation is 1. The van der Waals surface area contributed by atoms with E-state index in [0.717, 1.165) is 48.1 Å². The molecular formula is C23H32O4. The van der Waals surface area contributed by atoms with Crippen molar-refractivity contribution in [1.82, 2.24) is 0 Å². The third-order valence-electron chi connectivity index (χ3n) is 5.97. The third kappa shape index (κ3) is 4.31. The van der Waals surface area contributed by atoms with Crippen molar-refractivity contribution in [3.8, 4) is 11.5 Å². The highest BCUT2D eigenvalue weighted by atomic mass is 16.5. The van der Waals surface area contributed by atoms with E-state index in [1.54, 1.807) is 0 Å². The maximum Gasteiger partial charge on any atom is 0.302 e. The van der Waals surface area contributed by atoms with Gasteiger partial charge in [0.2, 0.25) is 0 Å². The van der Waals surface area contributed by atoms with Gasteiger partial charge in [-0.3, -0.25) is 4.79 Å². The lowest BCUT2D eigenvalue weighted by molar-refractivity contribution is -0.140. The molecule has 148 valence electrons. The average Bonchev–Trinajstić information content (AvgIpc) is 2.59. The molecule has 1 aromatic carbocycles. The third-order valence-corrected chi connectivity index (χ3v) is 5.97. The van der Waals surface area contributed by atoms with Gasteiger partial charge in [-0.25, -0.2) is 0 Å². The van der Waals surface area contributed by atoms with Crippen molar-refractivity contribution in [3.05, 3.63) is 34.9 Å². The number of unbranched alkanes of at least 4 members (excludes halogenated alkanes) is 2. The summed E-state index contributed by atoms with van der Waals surface area (Å²) in [5.41, 5.74) is 2.89. The van der Waals surface area contributed by atoms with Crippen LogP contribution in [0.5, 0.6) is 11.5 Å². The normalized spacial score (nSPS) is 22.9. The lowest BCUT2D eigenvalue weighted by atomic mass is 9.67. The second-order valence-corrected chi connectivity index (χ2v) is 8.48. The molecule has 1 aliphatic heterocycles. The van der Waals surface area contributed by atoms with Gasteiger partial charge in [0.1, 0.15) is 23.7 Å². The summed E-state index contributed by atoms with van der Waals surface area (Å²) in [4.78, 5) is 11.2. The molecule has 1 aliphatic carbocycles. The molecule has 4 heteroatoms. The predicted octanol–water partition coefficient (Wildman–Crippen LogP) is 5.28. The molecular weight excluding hydrogens is 340 g/mol. The molecule has 2 atom stereocenters. The molecule has 27 heavy (non-hydrogen) atoms. The Hall–Kier alpha value is -1.97. The first kappa shape index (κ1) is 19.8. The van der Waals surface area contributed by atoms with Crippen LogP contribution in [-0.2, 0) is 16.0 Å². The minimum Gasteiger partial charge on any atom is -0.508 e. The Morgan fingerprint density at radius 2 is 2.11 bits per heavy atom. The molecule has 1 aromatic rings. The summed E-state index contributed by atoms with van der Waals surface area (Å²) in [7, 11) is 0. The molecule has 0 saturated heterocycles. The molecule has 0 saturated carbocycles. The minimum absolute atomic E-state index is 0.184. The average molecular weight is 373 g/mol. The summed E-state index contributed by atoms with van der Waals surface area (Å²) in [6.07, 6.45) is 8.30. The van der Waals surface area contributed by atoms with Gasteiger partial charge < -0.3 is 14.6 Å². The lowest BCUT2D eigenvalue weighted by Gasteiger charge is -2.47. The van der Waals surface area contributed by atoms with Gasteiger partial charge in [0.15, 0.2) is 0 Å². The summed E-state index contributed by atoms with van der Waals surface area (Å²) in [5, 5.41) is 10.8. The molecule has 1 N–H and O–H groups in total. The first-order valence-electron chi connectivity index (χ1n) is 10.2. The number of carbonyl (C=O) groups is 1. The molecule has 4 nitrogen and oxygen atoms in total. The van der Waals surface area contributed by atoms with Crippen LogP contribution >= 0.6 is 0 Å². The van der Waals surface area contributed by atoms with Gasteiger partial charge in [-0.2, -0.15) is 0 Å². The van der Waals surface area contributed by atoms with Crippen LogP contribution in [0.3, 0.4) is 0 Å². The number of hydrogen-bond donors (Lipinski definition) is 1. The first-order chi connectivity index (χ1) is 12.8. The highest BCUT2D eigenvalue weighted by Crippen LogP contribution is 2.54. The van der Waals surface area contributed by atoms with Crippen LogP contribution in [0.1, 0.15) is 76.8 Å². The van der Waals surface area contributed by atoms with E-state index in [4.69, 9.17) is 9.47 Å². The number of phenolic OH excluding ortho intramolecular Hbond substituents is 1. The Morgan fingerprint density at radius 1 is 1.33 bits per heavy atom. The van der Waals surface area contributed by atoms with Crippen molar-refractivity contribution in [2.45, 2.75) is 77.7 Å². The van der Waals surface area contributed by atoms with E-state index in [-0.39, 0.29) is 17.5 Å². The van der Waals surface area contributed by atoms with Gasteiger partial charge in [-0.15, -0.1) is 0 Å². The Kier molecular flexibility index (Phi) is 5.83. The van der Waals surface area contributed by atoms with E-state index in [1.165, 1.54) is 19.8 Å². The van der Waals surface area contributed by atoms with Crippen LogP contribution in [0.4, 0.5) is 0 Å². The Balaban J connectivity index is 1.89. The minimum atomic E-state index is -0.296. The molecule has 0 radical (unpaired) electrons. The van der Waals surface area contributed by atoms with Gasteiger partial charge >= 0.3 is 5.97 Å². The molecule has 1 heterocycles. The number of allylic oxidation sites excluding steroid dienone is 1. The molecule has 0 amide bonds. The number of phenols is 1. The van der Waals surface area contributed by atoms with Crippen molar-refractivity contribution in [2.24, 2.45) is 5.92 Å². The maximum absolute atomic E-state index is 11.2. The van der Waals surface area contributed by atoms with Gasteiger partial charge in [-0.1, -0.05) is 25.8 Å². The second kappa shape index (κ2) is 7.95. The number of benzene rings is 1. The van der Waals surface area contributed by atoms with Crippen LogP contribution in [0, 0.1) is 5.92 Å². The number of carbonyl (C=O) groups excluding carboxylic acids is 1. The van der Waals surface area contributed by atoms with Crippen molar-refractivity contribution in [1.29, 1.82) is 0 Å². The Morgan fingerprint density at radius 3 is 2.81 bits per heavy atom. The largest absolute Gasteiger partial charge is 0.508 e. The van der Waals surface area contributed by atoms with Crippen molar-refractivity contribution < 1.29 is 19.4 Å². The van der Waals surface area contributed by atoms with Crippen molar-refractivity contribution in [3.63, 3.8) is 0 Å². The molecule has 0 fully saturated rings. The van der Waals surface area contributed by atoms with Crippen molar-refractivity contribution in [2.75, 3.05) is 6.61 Å². The number of ether oxygens (including phenoxy) is 2. The topological polar surface area (TPSA) is 55.8 Å². The molecule has 0 bridgehead atoms. The van der Waals surface area contributed by atoms with E-state index in [0.29, 0.717) is 18.3 Å². The number of fused-ring (bicyclic) bond motifs is 3. The zero-order chi connectivity index (χ0) is 19.6. The van der Waals surface area contributed by atoms with Crippen LogP contribution in [0.2, 0.25) is 0 Å². The van der Waals surface area contributed by atoms with Crippen LogP contribution in [-0.4, -0.2) is 23.3 Å². The highest BCUT2D eigenvalue weighted by Gasteiger charge is 2.46. The molecule has 2 aliphatic rings. The van der Waals surface area contributed by atoms with E-state index in [1.807, 2.05) is 6.07 Å². The SMILES string of the molecule is CCCCCc1cc(O)c2c(c1)OC(C)(C)[C@H]1CC=C(COC(C)=O)C[C@H]21. The fourth-order valence-corrected chi connectivity index (χ4v) is 4.56. The highest BCUT2D eigenvalue weighted by molar-refractivity contribution is 5.66. The van der Waals surface area contributed by atoms with Gasteiger partial charge in [0.25, 0.3) is 0 Å². The fourth-order valence-electron chi connectivity index (χ4n) is 4.56. The first-order valence-corrected chi connectivity index (χ1v) is 10.2. The molecule has 0 spiro atoms. The van der Waals surface area contributed by atoms with E-state index in [9.17, 15) is 9.90 Å². The molecule has 0 unspecified atom stereocenters. The quantitative estimate of drug-likeness (QED) is 0.419. The summed E-state index contributed by atoms with van der Waals surface area (Å²) >= 11 is 0. The maximum atomic E-state index is 11.2. The van der Waals surface area contributed by atoms with Crippen LogP contribution < -0.4 is 4.74 Å². The Labute approximate surface area is 162 Å². The number of rotatable bonds is 6. The summed E-state index contributed by atoms with van der Waals surface area (Å²) in [5.74, 6) is 1.39. The smallest absolute Gasteiger partial charge is 0.302 e. The molecule has 0 aromatic heterocycles. The van der Waals surface area contributed by atoms with E-state index in [2.05, 4.69) is 32.9 Å². The Bertz CT molecular complexity index is 732. The fraction of sp³-hybridized carbons (Fsp3) is 0.609. The summed E-state index contributed by atoms with van der Waals surface area (Å²) in [6.45, 7) is 8.24.